The molecule has 0 bridgehead atoms. The van der Waals surface area contributed by atoms with Crippen molar-refractivity contribution in [3.63, 3.8) is 0 Å². The van der Waals surface area contributed by atoms with Gasteiger partial charge in [0.25, 0.3) is 5.91 Å². The lowest BCUT2D eigenvalue weighted by Gasteiger charge is -2.25. The molecule has 1 unspecified atom stereocenters. The predicted octanol–water partition coefficient (Wildman–Crippen LogP) is 3.19. The molecule has 20 heavy (non-hydrogen) atoms. The summed E-state index contributed by atoms with van der Waals surface area (Å²) in [7, 11) is 1.55. The van der Waals surface area contributed by atoms with Crippen LogP contribution >= 0.6 is 0 Å². The molecular weight excluding hydrogens is 262 g/mol. The average Bonchev–Trinajstić information content (AvgIpc) is 2.48. The molecule has 0 radical (unpaired) electrons. The predicted molar refractivity (Wildman–Crippen MR) is 71.1 cm³/mol. The van der Waals surface area contributed by atoms with Crippen LogP contribution in [-0.2, 0) is 0 Å². The third-order valence-corrected chi connectivity index (χ3v) is 3.22. The van der Waals surface area contributed by atoms with Crippen LogP contribution in [-0.4, -0.2) is 22.8 Å². The fourth-order valence-electron chi connectivity index (χ4n) is 1.91. The highest BCUT2D eigenvalue weighted by atomic mass is 19.1. The molecule has 0 saturated heterocycles. The quantitative estimate of drug-likeness (QED) is 0.862. The molecule has 1 aromatic carbocycles. The Kier molecular flexibility index (Phi) is 4.08. The monoisotopic (exact) mass is 276 g/mol. The first-order valence-electron chi connectivity index (χ1n) is 6.13. The zero-order chi connectivity index (χ0) is 14.7. The van der Waals surface area contributed by atoms with Gasteiger partial charge in [-0.15, -0.1) is 0 Å². The lowest BCUT2D eigenvalue weighted by Crippen LogP contribution is -2.30. The molecule has 1 amide bonds. The van der Waals surface area contributed by atoms with E-state index in [9.17, 15) is 13.6 Å². The van der Waals surface area contributed by atoms with Crippen molar-refractivity contribution >= 4 is 5.91 Å². The molecule has 104 valence electrons. The van der Waals surface area contributed by atoms with Crippen molar-refractivity contribution in [2.24, 2.45) is 0 Å². The third kappa shape index (κ3) is 2.82. The zero-order valence-corrected chi connectivity index (χ0v) is 11.2. The molecule has 0 fully saturated rings. The SMILES string of the molecule is CC(c1cc(F)ccc1F)N(C)C(=O)c1cccnc1. The minimum absolute atomic E-state index is 0.143. The van der Waals surface area contributed by atoms with E-state index in [1.54, 1.807) is 32.3 Å². The van der Waals surface area contributed by atoms with Gasteiger partial charge in [0.15, 0.2) is 0 Å². The Bertz CT molecular complexity index is 617. The van der Waals surface area contributed by atoms with Crippen LogP contribution in [0.25, 0.3) is 0 Å². The number of benzene rings is 1. The fourth-order valence-corrected chi connectivity index (χ4v) is 1.91. The smallest absolute Gasteiger partial charge is 0.255 e. The number of carbonyl (C=O) groups excluding carboxylic acids is 1. The van der Waals surface area contributed by atoms with Crippen molar-refractivity contribution in [1.82, 2.24) is 9.88 Å². The minimum Gasteiger partial charge on any atom is -0.335 e. The second-order valence-corrected chi connectivity index (χ2v) is 4.50. The van der Waals surface area contributed by atoms with Crippen molar-refractivity contribution in [3.05, 3.63) is 65.5 Å². The topological polar surface area (TPSA) is 33.2 Å². The van der Waals surface area contributed by atoms with E-state index in [-0.39, 0.29) is 11.5 Å². The van der Waals surface area contributed by atoms with E-state index in [2.05, 4.69) is 4.98 Å². The second-order valence-electron chi connectivity index (χ2n) is 4.50. The number of halogens is 2. The van der Waals surface area contributed by atoms with Crippen LogP contribution in [0.2, 0.25) is 0 Å². The molecule has 0 aliphatic heterocycles. The first-order valence-corrected chi connectivity index (χ1v) is 6.13. The average molecular weight is 276 g/mol. The minimum atomic E-state index is -0.585. The normalized spacial score (nSPS) is 12.0. The van der Waals surface area contributed by atoms with E-state index >= 15 is 0 Å². The molecule has 0 aliphatic rings. The van der Waals surface area contributed by atoms with E-state index in [1.807, 2.05) is 0 Å². The number of rotatable bonds is 3. The number of aromatic nitrogens is 1. The molecule has 0 saturated carbocycles. The van der Waals surface area contributed by atoms with E-state index in [1.165, 1.54) is 11.1 Å². The molecule has 0 spiro atoms. The highest BCUT2D eigenvalue weighted by Gasteiger charge is 2.21. The molecule has 1 aromatic heterocycles. The van der Waals surface area contributed by atoms with Gasteiger partial charge in [0.05, 0.1) is 11.6 Å². The molecule has 1 heterocycles. The van der Waals surface area contributed by atoms with Crippen LogP contribution in [0.15, 0.2) is 42.7 Å². The van der Waals surface area contributed by atoms with Gasteiger partial charge in [-0.2, -0.15) is 0 Å². The van der Waals surface area contributed by atoms with Gasteiger partial charge in [0, 0.05) is 25.0 Å². The van der Waals surface area contributed by atoms with Crippen LogP contribution < -0.4 is 0 Å². The van der Waals surface area contributed by atoms with Crippen molar-refractivity contribution < 1.29 is 13.6 Å². The number of pyridine rings is 1. The molecule has 2 rings (SSSR count). The van der Waals surface area contributed by atoms with E-state index in [4.69, 9.17) is 0 Å². The summed E-state index contributed by atoms with van der Waals surface area (Å²) in [6.45, 7) is 1.64. The largest absolute Gasteiger partial charge is 0.335 e. The Balaban J connectivity index is 2.26. The molecule has 0 aliphatic carbocycles. The van der Waals surface area contributed by atoms with Gasteiger partial charge in [-0.3, -0.25) is 9.78 Å². The number of nitrogens with zero attached hydrogens (tertiary/aromatic N) is 2. The number of hydrogen-bond donors (Lipinski definition) is 0. The number of hydrogen-bond acceptors (Lipinski definition) is 2. The van der Waals surface area contributed by atoms with Crippen LogP contribution in [0, 0.1) is 11.6 Å². The standard InChI is InChI=1S/C15H14F2N2O/c1-10(13-8-12(16)5-6-14(13)17)19(2)15(20)11-4-3-7-18-9-11/h3-10H,1-2H3. The van der Waals surface area contributed by atoms with Gasteiger partial charge in [-0.1, -0.05) is 0 Å². The summed E-state index contributed by atoms with van der Waals surface area (Å²) in [5.41, 5.74) is 0.545. The fraction of sp³-hybridized carbons (Fsp3) is 0.200. The highest BCUT2D eigenvalue weighted by Crippen LogP contribution is 2.24. The number of carbonyl (C=O) groups is 1. The molecule has 0 N–H and O–H groups in total. The summed E-state index contributed by atoms with van der Waals surface area (Å²) in [5, 5.41) is 0. The van der Waals surface area contributed by atoms with Gasteiger partial charge in [0.1, 0.15) is 11.6 Å². The maximum absolute atomic E-state index is 13.7. The van der Waals surface area contributed by atoms with Crippen LogP contribution in [0.3, 0.4) is 0 Å². The second kappa shape index (κ2) is 5.77. The first-order chi connectivity index (χ1) is 9.50. The van der Waals surface area contributed by atoms with Crippen LogP contribution in [0.1, 0.15) is 28.9 Å². The van der Waals surface area contributed by atoms with Gasteiger partial charge in [-0.05, 0) is 37.3 Å². The van der Waals surface area contributed by atoms with Crippen molar-refractivity contribution in [1.29, 1.82) is 0 Å². The lowest BCUT2D eigenvalue weighted by molar-refractivity contribution is 0.0739. The summed E-state index contributed by atoms with van der Waals surface area (Å²) < 4.78 is 26.9. The highest BCUT2D eigenvalue weighted by molar-refractivity contribution is 5.93. The number of amides is 1. The van der Waals surface area contributed by atoms with Crippen molar-refractivity contribution in [2.45, 2.75) is 13.0 Å². The van der Waals surface area contributed by atoms with Crippen molar-refractivity contribution in [3.8, 4) is 0 Å². The van der Waals surface area contributed by atoms with Crippen molar-refractivity contribution in [2.75, 3.05) is 7.05 Å². The lowest BCUT2D eigenvalue weighted by atomic mass is 10.1. The summed E-state index contributed by atoms with van der Waals surface area (Å²) in [5.74, 6) is -1.37. The van der Waals surface area contributed by atoms with E-state index in [0.29, 0.717) is 5.56 Å². The maximum atomic E-state index is 13.7. The van der Waals surface area contributed by atoms with Crippen LogP contribution in [0.4, 0.5) is 8.78 Å². The molecule has 2 aromatic rings. The summed E-state index contributed by atoms with van der Waals surface area (Å²) >= 11 is 0. The Labute approximate surface area is 115 Å². The Morgan fingerprint density at radius 3 is 2.70 bits per heavy atom. The zero-order valence-electron chi connectivity index (χ0n) is 11.2. The van der Waals surface area contributed by atoms with E-state index < -0.39 is 17.7 Å². The summed E-state index contributed by atoms with van der Waals surface area (Å²) in [6.07, 6.45) is 3.00. The maximum Gasteiger partial charge on any atom is 0.255 e. The Hall–Kier alpha value is -2.30. The van der Waals surface area contributed by atoms with Gasteiger partial charge in [0.2, 0.25) is 0 Å². The van der Waals surface area contributed by atoms with Gasteiger partial charge >= 0.3 is 0 Å². The molecular formula is C15H14F2N2O. The van der Waals surface area contributed by atoms with Crippen LogP contribution in [0.5, 0.6) is 0 Å². The molecule has 1 atom stereocenters. The molecule has 3 nitrogen and oxygen atoms in total. The Morgan fingerprint density at radius 2 is 2.05 bits per heavy atom. The third-order valence-electron chi connectivity index (χ3n) is 3.22. The first kappa shape index (κ1) is 14.1. The Morgan fingerprint density at radius 1 is 1.30 bits per heavy atom. The molecule has 5 heteroatoms. The summed E-state index contributed by atoms with van der Waals surface area (Å²) in [4.78, 5) is 17.5. The van der Waals surface area contributed by atoms with Gasteiger partial charge < -0.3 is 4.90 Å². The summed E-state index contributed by atoms with van der Waals surface area (Å²) in [6, 6.07) is 5.90. The van der Waals surface area contributed by atoms with E-state index in [0.717, 1.165) is 18.2 Å². The van der Waals surface area contributed by atoms with Gasteiger partial charge in [-0.25, -0.2) is 8.78 Å².